The van der Waals surface area contributed by atoms with Crippen LogP contribution in [-0.4, -0.2) is 0 Å². The van der Waals surface area contributed by atoms with Crippen molar-refractivity contribution < 1.29 is 18.9 Å². The standard InChI is InChI=1S/C52H32N2O4S/c1-3-15-35(16-4-1)53(37-23-25-45-49(30-37)58-47-28-34-14-8-7-13-33(34)27-46(47)57-45)39-29-41(52-40-19-9-12-22-50(40)59-51(52)32-39)54(36-17-5-2-6-18-36)38-24-26-44-48(31-38)56-43-21-11-10-20-42(43)55-44/h1-32H. The highest BCUT2D eigenvalue weighted by atomic mass is 32.1. The van der Waals surface area contributed by atoms with E-state index in [9.17, 15) is 0 Å². The van der Waals surface area contributed by atoms with Gasteiger partial charge in [-0.05, 0) is 102 Å². The van der Waals surface area contributed by atoms with Crippen LogP contribution in [0.4, 0.5) is 34.1 Å². The van der Waals surface area contributed by atoms with E-state index in [-0.39, 0.29) is 0 Å². The van der Waals surface area contributed by atoms with Crippen LogP contribution in [0.25, 0.3) is 30.9 Å². The Morgan fingerprint density at radius 1 is 0.305 bits per heavy atom. The molecule has 1 aromatic heterocycles. The van der Waals surface area contributed by atoms with Gasteiger partial charge in [0.05, 0.1) is 17.1 Å². The third-order valence-electron chi connectivity index (χ3n) is 10.9. The fraction of sp³-hybridized carbons (Fsp3) is 0. The number of para-hydroxylation sites is 4. The number of ether oxygens (including phenoxy) is 4. The topological polar surface area (TPSA) is 43.4 Å². The zero-order valence-corrected chi connectivity index (χ0v) is 32.2. The van der Waals surface area contributed by atoms with Gasteiger partial charge < -0.3 is 28.7 Å². The molecule has 9 aromatic carbocycles. The first-order valence-electron chi connectivity index (χ1n) is 19.5. The third kappa shape index (κ3) is 5.70. The summed E-state index contributed by atoms with van der Waals surface area (Å²) in [5.74, 6) is 5.42. The summed E-state index contributed by atoms with van der Waals surface area (Å²) < 4.78 is 28.2. The molecule has 0 aliphatic carbocycles. The Labute approximate surface area is 343 Å². The van der Waals surface area contributed by atoms with Gasteiger partial charge in [0.15, 0.2) is 46.0 Å². The van der Waals surface area contributed by atoms with Crippen molar-refractivity contribution in [3.05, 3.63) is 194 Å². The van der Waals surface area contributed by atoms with E-state index in [0.29, 0.717) is 46.0 Å². The molecule has 0 N–H and O–H groups in total. The maximum atomic E-state index is 6.62. The van der Waals surface area contributed by atoms with Crippen LogP contribution in [-0.2, 0) is 0 Å². The van der Waals surface area contributed by atoms with Crippen LogP contribution < -0.4 is 28.7 Å². The molecule has 7 heteroatoms. The first-order valence-corrected chi connectivity index (χ1v) is 20.3. The molecule has 0 fully saturated rings. The van der Waals surface area contributed by atoms with Crippen molar-refractivity contribution in [1.82, 2.24) is 0 Å². The van der Waals surface area contributed by atoms with Crippen LogP contribution in [0.15, 0.2) is 194 Å². The van der Waals surface area contributed by atoms with E-state index in [4.69, 9.17) is 18.9 Å². The molecule has 0 bridgehead atoms. The highest BCUT2D eigenvalue weighted by Crippen LogP contribution is 2.53. The smallest absolute Gasteiger partial charge is 0.172 e. The summed E-state index contributed by atoms with van der Waals surface area (Å²) in [6.07, 6.45) is 0. The Hall–Kier alpha value is -7.74. The lowest BCUT2D eigenvalue weighted by Crippen LogP contribution is -2.14. The van der Waals surface area contributed by atoms with Crippen molar-refractivity contribution in [2.45, 2.75) is 0 Å². The average Bonchev–Trinajstić information content (AvgIpc) is 3.66. The largest absolute Gasteiger partial charge is 0.450 e. The second-order valence-electron chi connectivity index (χ2n) is 14.5. The van der Waals surface area contributed by atoms with Gasteiger partial charge in [-0.3, -0.25) is 0 Å². The first kappa shape index (κ1) is 33.4. The molecule has 0 unspecified atom stereocenters. The van der Waals surface area contributed by atoms with Crippen molar-refractivity contribution in [2.24, 2.45) is 0 Å². The van der Waals surface area contributed by atoms with E-state index in [0.717, 1.165) is 55.0 Å². The number of thiophene rings is 1. The van der Waals surface area contributed by atoms with Gasteiger partial charge in [0.1, 0.15) is 0 Å². The minimum Gasteiger partial charge on any atom is -0.450 e. The minimum atomic E-state index is 0.651. The Morgan fingerprint density at radius 2 is 0.780 bits per heavy atom. The summed E-state index contributed by atoms with van der Waals surface area (Å²) in [5, 5.41) is 4.55. The molecule has 0 saturated carbocycles. The summed E-state index contributed by atoms with van der Waals surface area (Å²) in [6, 6.07) is 66.7. The fourth-order valence-corrected chi connectivity index (χ4v) is 9.36. The van der Waals surface area contributed by atoms with E-state index in [1.807, 2.05) is 72.8 Å². The van der Waals surface area contributed by atoms with Gasteiger partial charge >= 0.3 is 0 Å². The molecule has 0 atom stereocenters. The predicted octanol–water partition coefficient (Wildman–Crippen LogP) is 15.9. The maximum absolute atomic E-state index is 6.62. The molecular weight excluding hydrogens is 749 g/mol. The number of rotatable bonds is 6. The summed E-state index contributed by atoms with van der Waals surface area (Å²) >= 11 is 1.79. The van der Waals surface area contributed by atoms with E-state index in [2.05, 4.69) is 131 Å². The molecule has 280 valence electrons. The van der Waals surface area contributed by atoms with Crippen molar-refractivity contribution in [1.29, 1.82) is 0 Å². The van der Waals surface area contributed by atoms with Gasteiger partial charge in [-0.1, -0.05) is 91.0 Å². The van der Waals surface area contributed by atoms with Crippen LogP contribution in [0.5, 0.6) is 46.0 Å². The lowest BCUT2D eigenvalue weighted by Gasteiger charge is -2.31. The van der Waals surface area contributed by atoms with Crippen molar-refractivity contribution >= 4 is 76.4 Å². The summed E-state index contributed by atoms with van der Waals surface area (Å²) in [5.41, 5.74) is 5.89. The molecule has 2 aliphatic heterocycles. The van der Waals surface area contributed by atoms with Gasteiger partial charge in [-0.25, -0.2) is 0 Å². The molecule has 10 aromatic rings. The second-order valence-corrected chi connectivity index (χ2v) is 15.6. The van der Waals surface area contributed by atoms with Crippen LogP contribution >= 0.6 is 11.3 Å². The van der Waals surface area contributed by atoms with Crippen LogP contribution in [0.1, 0.15) is 0 Å². The van der Waals surface area contributed by atoms with Gasteiger partial charge in [-0.15, -0.1) is 11.3 Å². The van der Waals surface area contributed by atoms with E-state index < -0.39 is 0 Å². The number of fused-ring (bicyclic) bond motifs is 8. The maximum Gasteiger partial charge on any atom is 0.172 e. The number of hydrogen-bond acceptors (Lipinski definition) is 7. The Balaban J connectivity index is 1.05. The molecule has 3 heterocycles. The number of anilines is 6. The highest BCUT2D eigenvalue weighted by molar-refractivity contribution is 7.26. The van der Waals surface area contributed by atoms with Crippen molar-refractivity contribution in [3.63, 3.8) is 0 Å². The van der Waals surface area contributed by atoms with Gasteiger partial charge in [0.2, 0.25) is 0 Å². The summed E-state index contributed by atoms with van der Waals surface area (Å²) in [4.78, 5) is 4.61. The number of nitrogens with zero attached hydrogens (tertiary/aromatic N) is 2. The van der Waals surface area contributed by atoms with Gasteiger partial charge in [-0.2, -0.15) is 0 Å². The molecule has 0 radical (unpaired) electrons. The monoisotopic (exact) mass is 780 g/mol. The fourth-order valence-electron chi connectivity index (χ4n) is 8.20. The zero-order valence-electron chi connectivity index (χ0n) is 31.4. The molecule has 0 amide bonds. The van der Waals surface area contributed by atoms with Gasteiger partial charge in [0, 0.05) is 49.4 Å². The lowest BCUT2D eigenvalue weighted by molar-refractivity contribution is 0.360. The molecule has 59 heavy (non-hydrogen) atoms. The molecule has 2 aliphatic rings. The highest BCUT2D eigenvalue weighted by Gasteiger charge is 2.27. The molecule has 0 spiro atoms. The van der Waals surface area contributed by atoms with Crippen molar-refractivity contribution in [2.75, 3.05) is 9.80 Å². The third-order valence-corrected chi connectivity index (χ3v) is 12.0. The Morgan fingerprint density at radius 3 is 1.42 bits per heavy atom. The second kappa shape index (κ2) is 13.4. The first-order chi connectivity index (χ1) is 29.2. The zero-order chi connectivity index (χ0) is 38.9. The summed E-state index contributed by atoms with van der Waals surface area (Å²) in [6.45, 7) is 0. The predicted molar refractivity (Wildman–Crippen MR) is 239 cm³/mol. The van der Waals surface area contributed by atoms with Crippen LogP contribution in [0, 0.1) is 0 Å². The van der Waals surface area contributed by atoms with Gasteiger partial charge in [0.25, 0.3) is 0 Å². The molecular formula is C52H32N2O4S. The normalized spacial score (nSPS) is 12.3. The lowest BCUT2D eigenvalue weighted by atomic mass is 10.1. The van der Waals surface area contributed by atoms with E-state index in [1.165, 1.54) is 10.1 Å². The molecule has 12 rings (SSSR count). The average molecular weight is 781 g/mol. The van der Waals surface area contributed by atoms with Crippen LogP contribution in [0.3, 0.4) is 0 Å². The molecule has 0 saturated heterocycles. The Kier molecular flexibility index (Phi) is 7.61. The van der Waals surface area contributed by atoms with Crippen LogP contribution in [0.2, 0.25) is 0 Å². The van der Waals surface area contributed by atoms with E-state index in [1.54, 1.807) is 11.3 Å². The quantitative estimate of drug-likeness (QED) is 0.167. The Bertz CT molecular complexity index is 3260. The minimum absolute atomic E-state index is 0.651. The SMILES string of the molecule is c1ccc(N(c2ccc3c(c2)Oc2cc4ccccc4cc2O3)c2cc(N(c3ccccc3)c3ccc4c(c3)Oc3ccccc3O4)c3c(c2)sc2ccccc23)cc1. The molecule has 6 nitrogen and oxygen atoms in total. The van der Waals surface area contributed by atoms with E-state index >= 15 is 0 Å². The number of benzene rings is 9. The van der Waals surface area contributed by atoms with Crippen molar-refractivity contribution in [3.8, 4) is 46.0 Å². The summed E-state index contributed by atoms with van der Waals surface area (Å²) in [7, 11) is 0. The number of hydrogen-bond donors (Lipinski definition) is 0.